The average molecular weight is 525 g/mol. The quantitative estimate of drug-likeness (QED) is 0.508. The number of rotatable bonds is 8. The molecule has 0 spiro atoms. The number of β-amino-alcohol motifs (C(OH)–C–C–N with tert-alkyl or cyclic N) is 1. The van der Waals surface area contributed by atoms with Crippen LogP contribution < -0.4 is 10.1 Å². The summed E-state index contributed by atoms with van der Waals surface area (Å²) >= 11 is 0. The third-order valence-electron chi connectivity index (χ3n) is 6.37. The molecule has 202 valence electrons. The van der Waals surface area contributed by atoms with Gasteiger partial charge in [-0.05, 0) is 24.3 Å². The van der Waals surface area contributed by atoms with Crippen LogP contribution in [0.5, 0.6) is 5.88 Å². The molecule has 3 heterocycles. The Morgan fingerprint density at radius 2 is 1.97 bits per heavy atom. The summed E-state index contributed by atoms with van der Waals surface area (Å²) in [5, 5.41) is 21.3. The molecule has 4 rings (SSSR count). The molecule has 2 N–H and O–H groups in total. The Morgan fingerprint density at radius 1 is 1.24 bits per heavy atom. The molecule has 2 aromatic heterocycles. The third kappa shape index (κ3) is 6.38. The van der Waals surface area contributed by atoms with Gasteiger partial charge in [-0.2, -0.15) is 13.2 Å². The third-order valence-corrected chi connectivity index (χ3v) is 6.37. The van der Waals surface area contributed by atoms with E-state index in [1.165, 1.54) is 17.0 Å². The zero-order valence-electron chi connectivity index (χ0n) is 20.9. The van der Waals surface area contributed by atoms with E-state index in [0.717, 1.165) is 24.6 Å². The first kappa shape index (κ1) is 26.8. The van der Waals surface area contributed by atoms with Gasteiger partial charge in [-0.25, -0.2) is 9.67 Å². The van der Waals surface area contributed by atoms with Crippen LogP contribution in [-0.4, -0.2) is 73.6 Å². The van der Waals surface area contributed by atoms with Gasteiger partial charge < -0.3 is 20.1 Å². The monoisotopic (exact) mass is 524 g/mol. The summed E-state index contributed by atoms with van der Waals surface area (Å²) in [5.74, 6) is -0.690. The van der Waals surface area contributed by atoms with Crippen molar-refractivity contribution in [2.75, 3.05) is 19.7 Å². The van der Waals surface area contributed by atoms with Gasteiger partial charge in [0, 0.05) is 31.1 Å². The van der Waals surface area contributed by atoms with Gasteiger partial charge in [0.2, 0.25) is 17.7 Å². The highest BCUT2D eigenvalue weighted by Gasteiger charge is 2.45. The highest BCUT2D eigenvalue weighted by molar-refractivity contribution is 5.90. The number of aromatic nitrogens is 4. The number of pyridine rings is 1. The maximum absolute atomic E-state index is 13.7. The number of nitrogens with one attached hydrogen (secondary N) is 1. The Bertz CT molecular complexity index is 1130. The molecule has 0 radical (unpaired) electrons. The van der Waals surface area contributed by atoms with Crippen LogP contribution in [0.4, 0.5) is 13.2 Å². The first-order valence-electron chi connectivity index (χ1n) is 12.2. The summed E-state index contributed by atoms with van der Waals surface area (Å²) in [6.45, 7) is 5.54. The second-order valence-corrected chi connectivity index (χ2v) is 10.6. The molecule has 3 atom stereocenters. The number of aliphatic hydroxyl groups is 1. The Balaban J connectivity index is 1.38. The second kappa shape index (κ2) is 10.3. The van der Waals surface area contributed by atoms with Crippen LogP contribution in [0.2, 0.25) is 0 Å². The number of halogens is 3. The number of hydrogen-bond acceptors (Lipinski definition) is 7. The first-order valence-corrected chi connectivity index (χ1v) is 12.2. The molecule has 1 saturated heterocycles. The van der Waals surface area contributed by atoms with E-state index in [-0.39, 0.29) is 37.9 Å². The van der Waals surface area contributed by atoms with Gasteiger partial charge in [-0.15, -0.1) is 5.10 Å². The van der Waals surface area contributed by atoms with E-state index >= 15 is 0 Å². The van der Waals surface area contributed by atoms with Gasteiger partial charge in [0.25, 0.3) is 0 Å². The minimum atomic E-state index is -4.59. The highest BCUT2D eigenvalue weighted by atomic mass is 19.4. The Kier molecular flexibility index (Phi) is 7.45. The number of aliphatic hydroxyl groups excluding tert-OH is 1. The molecule has 2 aliphatic rings. The maximum atomic E-state index is 13.7. The summed E-state index contributed by atoms with van der Waals surface area (Å²) in [4.78, 5) is 31.4. The molecule has 2 amide bonds. The molecule has 37 heavy (non-hydrogen) atoms. The molecule has 0 bridgehead atoms. The van der Waals surface area contributed by atoms with Crippen molar-refractivity contribution in [3.8, 4) is 5.88 Å². The van der Waals surface area contributed by atoms with Gasteiger partial charge in [-0.1, -0.05) is 32.1 Å². The standard InChI is InChI=1S/C24H31F3N6O4/c1-23(2,3)20(33-13-16(30-31-33)14-7-8-14)22(36)32-12-15(34)11-17(32)21(35)28-9-10-37-19-6-4-5-18(29-19)24(25,26)27/h4-6,13-15,17,20,34H,7-12H2,1-3H3,(H,28,35)/t15-,17+,20-/m1/s1. The summed E-state index contributed by atoms with van der Waals surface area (Å²) in [5.41, 5.74) is -0.785. The summed E-state index contributed by atoms with van der Waals surface area (Å²) < 4.78 is 45.2. The SMILES string of the molecule is CC(C)(C)[C@@H](C(=O)N1C[C@H](O)C[C@H]1C(=O)NCCOc1cccc(C(F)(F)F)n1)n1cc(C2CC2)nn1. The highest BCUT2D eigenvalue weighted by Crippen LogP contribution is 2.40. The van der Waals surface area contributed by atoms with Crippen molar-refractivity contribution in [2.24, 2.45) is 5.41 Å². The van der Waals surface area contributed by atoms with Crippen molar-refractivity contribution in [1.82, 2.24) is 30.2 Å². The minimum Gasteiger partial charge on any atom is -0.476 e. The first-order chi connectivity index (χ1) is 17.3. The zero-order chi connectivity index (χ0) is 27.0. The van der Waals surface area contributed by atoms with Crippen LogP contribution in [0.25, 0.3) is 0 Å². The van der Waals surface area contributed by atoms with Crippen LogP contribution in [0, 0.1) is 5.41 Å². The van der Waals surface area contributed by atoms with E-state index in [9.17, 15) is 27.9 Å². The van der Waals surface area contributed by atoms with Crippen molar-refractivity contribution < 1.29 is 32.6 Å². The minimum absolute atomic E-state index is 0.00165. The number of alkyl halides is 3. The van der Waals surface area contributed by atoms with E-state index in [4.69, 9.17) is 4.74 Å². The molecule has 0 unspecified atom stereocenters. The van der Waals surface area contributed by atoms with Crippen LogP contribution in [0.3, 0.4) is 0 Å². The van der Waals surface area contributed by atoms with Crippen LogP contribution >= 0.6 is 0 Å². The average Bonchev–Trinajstić information content (AvgIpc) is 3.42. The smallest absolute Gasteiger partial charge is 0.433 e. The van der Waals surface area contributed by atoms with Gasteiger partial charge in [0.15, 0.2) is 0 Å². The van der Waals surface area contributed by atoms with Gasteiger partial charge in [0.1, 0.15) is 24.4 Å². The van der Waals surface area contributed by atoms with Crippen molar-refractivity contribution >= 4 is 11.8 Å². The summed E-state index contributed by atoms with van der Waals surface area (Å²) in [6, 6.07) is 1.66. The predicted molar refractivity (Wildman–Crippen MR) is 124 cm³/mol. The lowest BCUT2D eigenvalue weighted by molar-refractivity contribution is -0.144. The molecule has 2 aromatic rings. The van der Waals surface area contributed by atoms with E-state index in [0.29, 0.717) is 5.92 Å². The number of nitrogens with zero attached hydrogens (tertiary/aromatic N) is 5. The number of hydrogen-bond donors (Lipinski definition) is 2. The number of amides is 2. The van der Waals surface area contributed by atoms with Gasteiger partial charge in [0.05, 0.1) is 18.3 Å². The zero-order valence-corrected chi connectivity index (χ0v) is 20.9. The molecule has 1 saturated carbocycles. The van der Waals surface area contributed by atoms with E-state index in [1.54, 1.807) is 10.9 Å². The van der Waals surface area contributed by atoms with Crippen molar-refractivity contribution in [2.45, 2.75) is 70.3 Å². The topological polar surface area (TPSA) is 122 Å². The number of carbonyl (C=O) groups excluding carboxylic acids is 2. The number of likely N-dealkylation sites (tertiary alicyclic amines) is 1. The Hall–Kier alpha value is -3.22. The Labute approximate surface area is 212 Å². The lowest BCUT2D eigenvalue weighted by atomic mass is 9.85. The summed E-state index contributed by atoms with van der Waals surface area (Å²) in [7, 11) is 0. The van der Waals surface area contributed by atoms with E-state index in [1.807, 2.05) is 20.8 Å². The molecular formula is C24H31F3N6O4. The number of carbonyl (C=O) groups is 2. The van der Waals surface area contributed by atoms with Crippen molar-refractivity contribution in [3.63, 3.8) is 0 Å². The van der Waals surface area contributed by atoms with Gasteiger partial charge >= 0.3 is 6.18 Å². The summed E-state index contributed by atoms with van der Waals surface area (Å²) in [6.07, 6.45) is -1.53. The fourth-order valence-electron chi connectivity index (χ4n) is 4.43. The molecule has 1 aliphatic heterocycles. The fraction of sp³-hybridized carbons (Fsp3) is 0.625. The van der Waals surface area contributed by atoms with E-state index < -0.39 is 41.4 Å². The van der Waals surface area contributed by atoms with E-state index in [2.05, 4.69) is 20.6 Å². The molecular weight excluding hydrogens is 493 g/mol. The van der Waals surface area contributed by atoms with Crippen LogP contribution in [0.1, 0.15) is 63.4 Å². The van der Waals surface area contributed by atoms with Crippen molar-refractivity contribution in [3.05, 3.63) is 35.8 Å². The second-order valence-electron chi connectivity index (χ2n) is 10.6. The van der Waals surface area contributed by atoms with Crippen LogP contribution in [0.15, 0.2) is 24.4 Å². The van der Waals surface area contributed by atoms with Crippen LogP contribution in [-0.2, 0) is 15.8 Å². The van der Waals surface area contributed by atoms with Gasteiger partial charge in [-0.3, -0.25) is 9.59 Å². The Morgan fingerprint density at radius 3 is 2.62 bits per heavy atom. The molecule has 13 heteroatoms. The lowest BCUT2D eigenvalue weighted by Crippen LogP contribution is -2.50. The molecule has 2 fully saturated rings. The predicted octanol–water partition coefficient (Wildman–Crippen LogP) is 2.31. The maximum Gasteiger partial charge on any atom is 0.433 e. The number of ether oxygens (including phenoxy) is 1. The molecule has 10 nitrogen and oxygen atoms in total. The fourth-order valence-corrected chi connectivity index (χ4v) is 4.43. The molecule has 1 aliphatic carbocycles. The largest absolute Gasteiger partial charge is 0.476 e. The normalized spacial score (nSPS) is 21.1. The van der Waals surface area contributed by atoms with Crippen molar-refractivity contribution in [1.29, 1.82) is 0 Å². The molecule has 0 aromatic carbocycles. The lowest BCUT2D eigenvalue weighted by Gasteiger charge is -2.34.